The number of rotatable bonds is 5. The monoisotopic (exact) mass is 364 g/mol. The average molecular weight is 365 g/mol. The lowest BCUT2D eigenvalue weighted by Gasteiger charge is -2.09. The van der Waals surface area contributed by atoms with Gasteiger partial charge in [-0.15, -0.1) is 21.5 Å². The van der Waals surface area contributed by atoms with Gasteiger partial charge in [0.25, 0.3) is 0 Å². The highest BCUT2D eigenvalue weighted by atomic mass is 32.2. The number of carbonyl (C=O) groups excluding carboxylic acids is 1. The number of aromatic nitrogens is 2. The zero-order valence-electron chi connectivity index (χ0n) is 12.7. The number of amides is 1. The van der Waals surface area contributed by atoms with Crippen LogP contribution in [0, 0.1) is 18.3 Å². The van der Waals surface area contributed by atoms with E-state index >= 15 is 0 Å². The number of thioether (sulfide) groups is 1. The Balaban J connectivity index is 1.57. The van der Waals surface area contributed by atoms with Crippen molar-refractivity contribution < 1.29 is 4.79 Å². The van der Waals surface area contributed by atoms with E-state index in [4.69, 9.17) is 0 Å². The largest absolute Gasteiger partial charge is 0.317 e. The highest BCUT2D eigenvalue weighted by Gasteiger charge is 2.21. The molecule has 0 atom stereocenters. The molecule has 1 aliphatic rings. The van der Waals surface area contributed by atoms with E-state index in [1.807, 2.05) is 6.92 Å². The zero-order chi connectivity index (χ0) is 16.2. The van der Waals surface area contributed by atoms with Gasteiger partial charge in [0.15, 0.2) is 4.34 Å². The van der Waals surface area contributed by atoms with Crippen LogP contribution in [0.25, 0.3) is 0 Å². The lowest BCUT2D eigenvalue weighted by Crippen LogP contribution is -2.12. The Morgan fingerprint density at radius 1 is 1.35 bits per heavy atom. The van der Waals surface area contributed by atoms with Crippen LogP contribution in [0.15, 0.2) is 4.34 Å². The second kappa shape index (κ2) is 7.43. The first-order valence-electron chi connectivity index (χ1n) is 7.44. The molecule has 2 heterocycles. The first kappa shape index (κ1) is 16.4. The van der Waals surface area contributed by atoms with E-state index in [9.17, 15) is 10.1 Å². The van der Waals surface area contributed by atoms with Crippen LogP contribution >= 0.6 is 34.4 Å². The lowest BCUT2D eigenvalue weighted by atomic mass is 9.96. The van der Waals surface area contributed by atoms with Crippen LogP contribution in [-0.4, -0.2) is 21.9 Å². The maximum atomic E-state index is 12.1. The summed E-state index contributed by atoms with van der Waals surface area (Å²) in [5.41, 5.74) is 1.82. The lowest BCUT2D eigenvalue weighted by molar-refractivity contribution is -0.115. The summed E-state index contributed by atoms with van der Waals surface area (Å²) >= 11 is 4.64. The third-order valence-corrected chi connectivity index (χ3v) is 6.78. The maximum Gasteiger partial charge on any atom is 0.225 e. The van der Waals surface area contributed by atoms with E-state index in [1.165, 1.54) is 34.4 Å². The molecule has 2 aromatic heterocycles. The minimum Gasteiger partial charge on any atom is -0.317 e. The van der Waals surface area contributed by atoms with E-state index in [0.29, 0.717) is 17.7 Å². The summed E-state index contributed by atoms with van der Waals surface area (Å²) in [5.74, 6) is 0.613. The minimum absolute atomic E-state index is 0.0474. The number of nitrogens with zero attached hydrogens (tertiary/aromatic N) is 3. The van der Waals surface area contributed by atoms with Crippen LogP contribution in [0.1, 0.15) is 40.3 Å². The molecule has 120 valence electrons. The Labute approximate surface area is 147 Å². The van der Waals surface area contributed by atoms with Crippen molar-refractivity contribution in [2.45, 2.75) is 43.4 Å². The third kappa shape index (κ3) is 3.91. The van der Waals surface area contributed by atoms with Crippen molar-refractivity contribution in [2.24, 2.45) is 0 Å². The molecule has 0 radical (unpaired) electrons. The van der Waals surface area contributed by atoms with Gasteiger partial charge in [0.05, 0.1) is 5.56 Å². The number of nitrogens with one attached hydrogen (secondary N) is 1. The van der Waals surface area contributed by atoms with Gasteiger partial charge in [-0.1, -0.05) is 23.1 Å². The fourth-order valence-corrected chi connectivity index (χ4v) is 5.61. The van der Waals surface area contributed by atoms with E-state index < -0.39 is 0 Å². The topological polar surface area (TPSA) is 78.7 Å². The first-order chi connectivity index (χ1) is 11.2. The van der Waals surface area contributed by atoms with E-state index in [-0.39, 0.29) is 5.91 Å². The van der Waals surface area contributed by atoms with Gasteiger partial charge in [-0.05, 0) is 38.2 Å². The summed E-state index contributed by atoms with van der Waals surface area (Å²) in [6.45, 7) is 1.91. The van der Waals surface area contributed by atoms with Crippen molar-refractivity contribution in [3.8, 4) is 6.07 Å². The van der Waals surface area contributed by atoms with Gasteiger partial charge in [-0.2, -0.15) is 5.26 Å². The van der Waals surface area contributed by atoms with Crippen LogP contribution in [0.4, 0.5) is 5.00 Å². The molecule has 1 aliphatic carbocycles. The molecule has 0 aromatic carbocycles. The first-order valence-corrected chi connectivity index (χ1v) is 10.1. The number of carbonyl (C=O) groups is 1. The van der Waals surface area contributed by atoms with Crippen molar-refractivity contribution in [1.82, 2.24) is 10.2 Å². The van der Waals surface area contributed by atoms with Crippen LogP contribution in [0.2, 0.25) is 0 Å². The standard InChI is InChI=1S/C15H16N4OS3/c1-9-18-19-15(22-9)21-7-6-13(20)17-14-11(8-16)10-4-2-3-5-12(10)23-14/h2-7H2,1H3,(H,17,20). The Hall–Kier alpha value is -1.43. The van der Waals surface area contributed by atoms with Crippen molar-refractivity contribution in [3.63, 3.8) is 0 Å². The molecule has 2 aromatic rings. The fourth-order valence-electron chi connectivity index (χ4n) is 2.53. The average Bonchev–Trinajstić information content (AvgIpc) is 3.10. The summed E-state index contributed by atoms with van der Waals surface area (Å²) in [5, 5.41) is 21.9. The number of anilines is 1. The van der Waals surface area contributed by atoms with Crippen molar-refractivity contribution in [2.75, 3.05) is 11.1 Å². The van der Waals surface area contributed by atoms with Crippen LogP contribution in [-0.2, 0) is 17.6 Å². The molecule has 0 bridgehead atoms. The van der Waals surface area contributed by atoms with Crippen LogP contribution in [0.3, 0.4) is 0 Å². The molecule has 0 saturated heterocycles. The molecular formula is C15H16N4OS3. The summed E-state index contributed by atoms with van der Waals surface area (Å²) in [7, 11) is 0. The predicted molar refractivity (Wildman–Crippen MR) is 94.3 cm³/mol. The summed E-state index contributed by atoms with van der Waals surface area (Å²) in [6, 6.07) is 2.27. The Morgan fingerprint density at radius 2 is 2.17 bits per heavy atom. The Bertz CT molecular complexity index is 759. The van der Waals surface area contributed by atoms with Gasteiger partial charge in [-0.25, -0.2) is 0 Å². The molecule has 3 rings (SSSR count). The molecule has 23 heavy (non-hydrogen) atoms. The second-order valence-electron chi connectivity index (χ2n) is 5.26. The van der Waals surface area contributed by atoms with Gasteiger partial charge in [0, 0.05) is 17.1 Å². The molecule has 1 N–H and O–H groups in total. The van der Waals surface area contributed by atoms with Crippen molar-refractivity contribution in [3.05, 3.63) is 21.0 Å². The summed E-state index contributed by atoms with van der Waals surface area (Å²) < 4.78 is 0.889. The fraction of sp³-hybridized carbons (Fsp3) is 0.467. The highest BCUT2D eigenvalue weighted by Crippen LogP contribution is 2.37. The van der Waals surface area contributed by atoms with E-state index in [1.54, 1.807) is 11.3 Å². The van der Waals surface area contributed by atoms with E-state index in [2.05, 4.69) is 21.6 Å². The van der Waals surface area contributed by atoms with Crippen molar-refractivity contribution in [1.29, 1.82) is 5.26 Å². The highest BCUT2D eigenvalue weighted by molar-refractivity contribution is 8.01. The predicted octanol–water partition coefficient (Wildman–Crippen LogP) is 3.78. The SMILES string of the molecule is Cc1nnc(SCCC(=O)Nc2sc3c(c2C#N)CCCC3)s1. The molecule has 1 amide bonds. The van der Waals surface area contributed by atoms with Gasteiger partial charge in [-0.3, -0.25) is 4.79 Å². The van der Waals surface area contributed by atoms with Crippen LogP contribution in [0.5, 0.6) is 0 Å². The normalized spacial score (nSPS) is 13.4. The summed E-state index contributed by atoms with van der Waals surface area (Å²) in [4.78, 5) is 13.4. The molecule has 0 saturated carbocycles. The molecule has 0 unspecified atom stereocenters. The van der Waals surface area contributed by atoms with Gasteiger partial charge in [0.2, 0.25) is 5.91 Å². The zero-order valence-corrected chi connectivity index (χ0v) is 15.2. The van der Waals surface area contributed by atoms with E-state index in [0.717, 1.165) is 39.2 Å². The Morgan fingerprint density at radius 3 is 2.91 bits per heavy atom. The van der Waals surface area contributed by atoms with Crippen LogP contribution < -0.4 is 5.32 Å². The third-order valence-electron chi connectivity index (χ3n) is 3.60. The number of fused-ring (bicyclic) bond motifs is 1. The molecule has 0 fully saturated rings. The smallest absolute Gasteiger partial charge is 0.225 e. The molecule has 0 aliphatic heterocycles. The number of aryl methyl sites for hydroxylation is 2. The van der Waals surface area contributed by atoms with Gasteiger partial charge in [0.1, 0.15) is 16.1 Å². The number of hydrogen-bond acceptors (Lipinski definition) is 7. The maximum absolute atomic E-state index is 12.1. The van der Waals surface area contributed by atoms with Gasteiger partial charge >= 0.3 is 0 Å². The molecular weight excluding hydrogens is 348 g/mol. The number of thiophene rings is 1. The van der Waals surface area contributed by atoms with Gasteiger partial charge < -0.3 is 5.32 Å². The quantitative estimate of drug-likeness (QED) is 0.817. The molecule has 8 heteroatoms. The molecule has 5 nitrogen and oxygen atoms in total. The van der Waals surface area contributed by atoms with Crippen molar-refractivity contribution >= 4 is 45.3 Å². The molecule has 0 spiro atoms. The summed E-state index contributed by atoms with van der Waals surface area (Å²) in [6.07, 6.45) is 4.68. The Kier molecular flexibility index (Phi) is 5.30. The number of hydrogen-bond donors (Lipinski definition) is 1. The second-order valence-corrected chi connectivity index (χ2v) is 8.89. The minimum atomic E-state index is -0.0474. The number of nitriles is 1.